The van der Waals surface area contributed by atoms with Crippen molar-refractivity contribution in [3.8, 4) is 0 Å². The van der Waals surface area contributed by atoms with Gasteiger partial charge in [0.05, 0.1) is 6.20 Å². The van der Waals surface area contributed by atoms with E-state index in [9.17, 15) is 0 Å². The van der Waals surface area contributed by atoms with Gasteiger partial charge in [-0.05, 0) is 16.7 Å². The first-order chi connectivity index (χ1) is 15.4. The topological polar surface area (TPSA) is 33.1 Å². The molecule has 0 bridgehead atoms. The van der Waals surface area contributed by atoms with Crippen LogP contribution in [0.25, 0.3) is 0 Å². The molecule has 1 aromatic heterocycles. The second-order valence-corrected chi connectivity index (χ2v) is 8.13. The standard InChI is InChI=1S/C27H28N4/c1-4-10-24(11-5-1)27(25-12-6-2-7-13-25,26-14-8-3-9-15-26)31-22-23(20-29-31)21-30-18-16-28-17-19-30/h1-15,20,22,28H,16-19,21H2. The lowest BCUT2D eigenvalue weighted by molar-refractivity contribution is 0.233. The van der Waals surface area contributed by atoms with Gasteiger partial charge >= 0.3 is 0 Å². The third-order valence-electron chi connectivity index (χ3n) is 6.17. The summed E-state index contributed by atoms with van der Waals surface area (Å²) in [5.41, 5.74) is 4.30. The minimum atomic E-state index is -0.536. The molecule has 0 aliphatic carbocycles. The highest BCUT2D eigenvalue weighted by Gasteiger charge is 2.39. The molecule has 1 N–H and O–H groups in total. The number of nitrogens with one attached hydrogen (secondary N) is 1. The Kier molecular flexibility index (Phi) is 5.65. The average Bonchev–Trinajstić information content (AvgIpc) is 3.31. The SMILES string of the molecule is c1ccc(C(c2ccccc2)(c2ccccc2)n2cc(CN3CCNCC3)cn2)cc1. The van der Waals surface area contributed by atoms with E-state index in [-0.39, 0.29) is 0 Å². The van der Waals surface area contributed by atoms with E-state index in [4.69, 9.17) is 5.10 Å². The third-order valence-corrected chi connectivity index (χ3v) is 6.17. The Balaban J connectivity index is 1.67. The highest BCUT2D eigenvalue weighted by atomic mass is 15.3. The fourth-order valence-corrected chi connectivity index (χ4v) is 4.69. The van der Waals surface area contributed by atoms with E-state index in [2.05, 4.69) is 112 Å². The number of aromatic nitrogens is 2. The van der Waals surface area contributed by atoms with Crippen LogP contribution < -0.4 is 5.32 Å². The number of hydrogen-bond acceptors (Lipinski definition) is 3. The molecule has 1 saturated heterocycles. The fraction of sp³-hybridized carbons (Fsp3) is 0.222. The predicted octanol–water partition coefficient (Wildman–Crippen LogP) is 4.13. The first-order valence-corrected chi connectivity index (χ1v) is 11.0. The van der Waals surface area contributed by atoms with Crippen LogP contribution in [0, 0.1) is 0 Å². The Labute approximate surface area is 184 Å². The van der Waals surface area contributed by atoms with Gasteiger partial charge in [0.25, 0.3) is 0 Å². The molecule has 3 aromatic carbocycles. The van der Waals surface area contributed by atoms with Crippen molar-refractivity contribution in [1.82, 2.24) is 20.0 Å². The number of nitrogens with zero attached hydrogens (tertiary/aromatic N) is 3. The minimum absolute atomic E-state index is 0.536. The molecule has 5 rings (SSSR count). The van der Waals surface area contributed by atoms with Crippen molar-refractivity contribution in [3.63, 3.8) is 0 Å². The van der Waals surface area contributed by atoms with E-state index in [1.807, 2.05) is 6.20 Å². The summed E-state index contributed by atoms with van der Waals surface area (Å²) in [6.45, 7) is 5.18. The molecule has 1 fully saturated rings. The molecule has 156 valence electrons. The lowest BCUT2D eigenvalue weighted by atomic mass is 9.77. The molecular weight excluding hydrogens is 380 g/mol. The molecule has 0 saturated carbocycles. The molecule has 1 aliphatic heterocycles. The van der Waals surface area contributed by atoms with Gasteiger partial charge in [-0.3, -0.25) is 9.58 Å². The lowest BCUT2D eigenvalue weighted by Gasteiger charge is -2.36. The highest BCUT2D eigenvalue weighted by molar-refractivity contribution is 5.50. The summed E-state index contributed by atoms with van der Waals surface area (Å²) in [6, 6.07) is 32.1. The van der Waals surface area contributed by atoms with Crippen LogP contribution in [0.3, 0.4) is 0 Å². The predicted molar refractivity (Wildman–Crippen MR) is 125 cm³/mol. The molecule has 0 spiro atoms. The first kappa shape index (κ1) is 19.7. The Morgan fingerprint density at radius 3 is 1.68 bits per heavy atom. The summed E-state index contributed by atoms with van der Waals surface area (Å²) in [5, 5.41) is 8.39. The number of rotatable bonds is 6. The maximum absolute atomic E-state index is 4.96. The maximum Gasteiger partial charge on any atom is 0.138 e. The Hall–Kier alpha value is -3.21. The summed E-state index contributed by atoms with van der Waals surface area (Å²) in [5.74, 6) is 0. The van der Waals surface area contributed by atoms with E-state index < -0.39 is 5.54 Å². The van der Waals surface area contributed by atoms with Gasteiger partial charge in [0.15, 0.2) is 0 Å². The van der Waals surface area contributed by atoms with E-state index in [0.29, 0.717) is 0 Å². The van der Waals surface area contributed by atoms with Crippen molar-refractivity contribution in [3.05, 3.63) is 126 Å². The van der Waals surface area contributed by atoms with E-state index in [1.54, 1.807) is 0 Å². The highest BCUT2D eigenvalue weighted by Crippen LogP contribution is 2.40. The molecule has 1 aliphatic rings. The smallest absolute Gasteiger partial charge is 0.138 e. The molecule has 2 heterocycles. The average molecular weight is 409 g/mol. The Bertz CT molecular complexity index is 987. The first-order valence-electron chi connectivity index (χ1n) is 11.0. The normalized spacial score (nSPS) is 15.1. The zero-order valence-electron chi connectivity index (χ0n) is 17.7. The third kappa shape index (κ3) is 3.80. The van der Waals surface area contributed by atoms with Crippen LogP contribution in [0.5, 0.6) is 0 Å². The molecular formula is C27H28N4. The largest absolute Gasteiger partial charge is 0.314 e. The van der Waals surface area contributed by atoms with Crippen molar-refractivity contribution in [2.45, 2.75) is 12.1 Å². The van der Waals surface area contributed by atoms with Crippen molar-refractivity contribution < 1.29 is 0 Å². The summed E-state index contributed by atoms with van der Waals surface area (Å²) >= 11 is 0. The van der Waals surface area contributed by atoms with Gasteiger partial charge in [-0.1, -0.05) is 91.0 Å². The van der Waals surface area contributed by atoms with Crippen LogP contribution in [0.2, 0.25) is 0 Å². The number of piperazine rings is 1. The molecule has 4 nitrogen and oxygen atoms in total. The lowest BCUT2D eigenvalue weighted by Crippen LogP contribution is -2.42. The van der Waals surface area contributed by atoms with E-state index in [1.165, 1.54) is 22.3 Å². The number of benzene rings is 3. The zero-order valence-corrected chi connectivity index (χ0v) is 17.7. The van der Waals surface area contributed by atoms with Gasteiger partial charge in [0.2, 0.25) is 0 Å². The van der Waals surface area contributed by atoms with Crippen molar-refractivity contribution in [2.24, 2.45) is 0 Å². The monoisotopic (exact) mass is 408 g/mol. The molecule has 4 heteroatoms. The van der Waals surface area contributed by atoms with Gasteiger partial charge < -0.3 is 5.32 Å². The van der Waals surface area contributed by atoms with Gasteiger partial charge in [-0.25, -0.2) is 0 Å². The molecule has 31 heavy (non-hydrogen) atoms. The Morgan fingerprint density at radius 2 is 1.19 bits per heavy atom. The Morgan fingerprint density at radius 1 is 0.710 bits per heavy atom. The van der Waals surface area contributed by atoms with Crippen LogP contribution >= 0.6 is 0 Å². The van der Waals surface area contributed by atoms with Gasteiger partial charge in [-0.2, -0.15) is 5.10 Å². The fourth-order valence-electron chi connectivity index (χ4n) is 4.69. The summed E-state index contributed by atoms with van der Waals surface area (Å²) < 4.78 is 2.16. The van der Waals surface area contributed by atoms with E-state index >= 15 is 0 Å². The summed E-state index contributed by atoms with van der Waals surface area (Å²) in [6.07, 6.45) is 4.26. The van der Waals surface area contributed by atoms with Crippen molar-refractivity contribution in [1.29, 1.82) is 0 Å². The molecule has 0 amide bonds. The van der Waals surface area contributed by atoms with Crippen LogP contribution in [-0.4, -0.2) is 40.9 Å². The second-order valence-electron chi connectivity index (χ2n) is 8.13. The molecule has 4 aromatic rings. The van der Waals surface area contributed by atoms with Crippen LogP contribution in [0.15, 0.2) is 103 Å². The van der Waals surface area contributed by atoms with Crippen LogP contribution in [0.1, 0.15) is 22.3 Å². The van der Waals surface area contributed by atoms with Crippen molar-refractivity contribution in [2.75, 3.05) is 26.2 Å². The van der Waals surface area contributed by atoms with Crippen LogP contribution in [-0.2, 0) is 12.1 Å². The minimum Gasteiger partial charge on any atom is -0.314 e. The maximum atomic E-state index is 4.96. The summed E-state index contributed by atoms with van der Waals surface area (Å²) in [7, 11) is 0. The second kappa shape index (κ2) is 8.88. The van der Waals surface area contributed by atoms with Gasteiger partial charge in [0.1, 0.15) is 5.54 Å². The quantitative estimate of drug-likeness (QED) is 0.487. The number of hydrogen-bond donors (Lipinski definition) is 1. The van der Waals surface area contributed by atoms with Gasteiger partial charge in [-0.15, -0.1) is 0 Å². The van der Waals surface area contributed by atoms with Crippen LogP contribution in [0.4, 0.5) is 0 Å². The van der Waals surface area contributed by atoms with Gasteiger partial charge in [0, 0.05) is 44.5 Å². The van der Waals surface area contributed by atoms with E-state index in [0.717, 1.165) is 32.7 Å². The molecule has 0 atom stereocenters. The zero-order chi connectivity index (χ0) is 20.9. The molecule has 0 radical (unpaired) electrons. The summed E-state index contributed by atoms with van der Waals surface area (Å²) in [4.78, 5) is 2.49. The molecule has 0 unspecified atom stereocenters. The van der Waals surface area contributed by atoms with Crippen molar-refractivity contribution >= 4 is 0 Å².